The van der Waals surface area contributed by atoms with Crippen LogP contribution in [0, 0.1) is 0 Å². The number of rotatable bonds is 7. The van der Waals surface area contributed by atoms with Gasteiger partial charge in [0, 0.05) is 50.6 Å². The molecule has 0 spiro atoms. The summed E-state index contributed by atoms with van der Waals surface area (Å²) in [5, 5.41) is 9.83. The van der Waals surface area contributed by atoms with Crippen LogP contribution in [0.15, 0.2) is 48.1 Å². The van der Waals surface area contributed by atoms with E-state index in [9.17, 15) is 9.59 Å². The minimum absolute atomic E-state index is 0.0406. The molecular weight excluding hydrogens is 513 g/mol. The fourth-order valence-corrected chi connectivity index (χ4v) is 4.86. The zero-order valence-corrected chi connectivity index (χ0v) is 23.6. The number of ketones is 2. The molecule has 0 aromatic carbocycles. The van der Waals surface area contributed by atoms with E-state index >= 15 is 0 Å². The number of carbonyl (C=O) groups is 2. The number of anilines is 1. The molecule has 40 heavy (non-hydrogen) atoms. The predicted molar refractivity (Wildman–Crippen MR) is 150 cm³/mol. The first kappa shape index (κ1) is 29.6. The van der Waals surface area contributed by atoms with Crippen LogP contribution in [0.3, 0.4) is 0 Å². The molecule has 7 N–H and O–H groups in total. The van der Waals surface area contributed by atoms with Crippen molar-refractivity contribution in [2.24, 2.45) is 5.73 Å². The van der Waals surface area contributed by atoms with Crippen LogP contribution in [-0.2, 0) is 9.31 Å². The van der Waals surface area contributed by atoms with Gasteiger partial charge in [0.05, 0.1) is 16.8 Å². The Kier molecular flexibility index (Phi) is 8.91. The van der Waals surface area contributed by atoms with Gasteiger partial charge in [-0.2, -0.15) is 0 Å². The first-order chi connectivity index (χ1) is 19.1. The van der Waals surface area contributed by atoms with Crippen molar-refractivity contribution in [1.29, 1.82) is 0 Å². The van der Waals surface area contributed by atoms with Gasteiger partial charge < -0.3 is 25.3 Å². The quantitative estimate of drug-likeness (QED) is 0.203. The van der Waals surface area contributed by atoms with Crippen LogP contribution in [-0.4, -0.2) is 89.2 Å². The summed E-state index contributed by atoms with van der Waals surface area (Å²) >= 11 is 0. The highest BCUT2D eigenvalue weighted by Gasteiger charge is 2.51. The van der Waals surface area contributed by atoms with Crippen LogP contribution < -0.4 is 27.3 Å². The maximum absolute atomic E-state index is 12.7. The summed E-state index contributed by atoms with van der Waals surface area (Å²) in [6, 6.07) is 7.28. The smallest absolute Gasteiger partial charge is 0.399 e. The summed E-state index contributed by atoms with van der Waals surface area (Å²) in [7, 11) is -0.411. The van der Waals surface area contributed by atoms with Crippen molar-refractivity contribution in [2.45, 2.75) is 45.3 Å². The zero-order valence-electron chi connectivity index (χ0n) is 23.6. The van der Waals surface area contributed by atoms with Crippen LogP contribution in [0.5, 0.6) is 0 Å². The topological polar surface area (TPSA) is 171 Å². The van der Waals surface area contributed by atoms with Crippen LogP contribution >= 0.6 is 0 Å². The van der Waals surface area contributed by atoms with Gasteiger partial charge in [-0.15, -0.1) is 0 Å². The second-order valence-corrected chi connectivity index (χ2v) is 11.0. The standard InChI is InChI=1S/C27H35BN6O4.H4NO/c1-26(2)27(3,4)38-28(37-26)18-8-9-20(32-17-18)34-15-13-33(14-16-34)12-6-11-31-23-21(29)24(35)19-7-5-10-30-22(19)25(23)36;1-2/h5,7-10,17,31H,6,11-16,29H2,1-4H3;2H,1H3/q;+1. The highest BCUT2D eigenvalue weighted by Crippen LogP contribution is 2.36. The molecule has 0 radical (unpaired) electrons. The zero-order chi connectivity index (χ0) is 29.1. The second kappa shape index (κ2) is 12.0. The molecule has 2 fully saturated rings. The Morgan fingerprint density at radius 2 is 1.70 bits per heavy atom. The number of nitrogens with zero attached hydrogens (tertiary/aromatic N) is 4. The lowest BCUT2D eigenvalue weighted by molar-refractivity contribution is -0.670. The fourth-order valence-electron chi connectivity index (χ4n) is 4.86. The molecule has 2 aromatic heterocycles. The van der Waals surface area contributed by atoms with Gasteiger partial charge in [0.2, 0.25) is 11.6 Å². The van der Waals surface area contributed by atoms with Crippen molar-refractivity contribution in [3.63, 3.8) is 0 Å². The van der Waals surface area contributed by atoms with Crippen LogP contribution in [0.2, 0.25) is 0 Å². The largest absolute Gasteiger partial charge is 0.496 e. The molecule has 2 saturated heterocycles. The third-order valence-corrected chi connectivity index (χ3v) is 7.95. The molecular formula is C27H39BN7O5+. The maximum atomic E-state index is 12.7. The van der Waals surface area contributed by atoms with Gasteiger partial charge in [-0.1, -0.05) is 6.07 Å². The fraction of sp³-hybridized carbons (Fsp3) is 0.481. The number of Topliss-reactive ketones (excluding diaryl/α,β-unsaturated/α-hetero) is 2. The normalized spacial score (nSPS) is 20.2. The van der Waals surface area contributed by atoms with Crippen molar-refractivity contribution in [3.05, 3.63) is 59.3 Å². The molecule has 214 valence electrons. The van der Waals surface area contributed by atoms with Gasteiger partial charge in [-0.05, 0) is 58.9 Å². The van der Waals surface area contributed by atoms with Crippen LogP contribution in [0.4, 0.5) is 5.82 Å². The van der Waals surface area contributed by atoms with Gasteiger partial charge in [0.25, 0.3) is 0 Å². The maximum Gasteiger partial charge on any atom is 0.496 e. The first-order valence-corrected chi connectivity index (χ1v) is 13.5. The number of nitrogens with two attached hydrogens (primary N) is 1. The molecule has 1 aliphatic carbocycles. The number of pyridine rings is 2. The third kappa shape index (κ3) is 5.88. The average molecular weight is 552 g/mol. The molecule has 2 aliphatic heterocycles. The number of allylic oxidation sites excluding steroid dienone is 2. The van der Waals surface area contributed by atoms with Crippen LogP contribution in [0.25, 0.3) is 0 Å². The Morgan fingerprint density at radius 1 is 1.02 bits per heavy atom. The number of aromatic nitrogens is 2. The third-order valence-electron chi connectivity index (χ3n) is 7.95. The predicted octanol–water partition coefficient (Wildman–Crippen LogP) is -0.255. The average Bonchev–Trinajstić information content (AvgIpc) is 3.19. The van der Waals surface area contributed by atoms with Crippen molar-refractivity contribution in [1.82, 2.24) is 20.2 Å². The highest BCUT2D eigenvalue weighted by molar-refractivity contribution is 6.62. The molecule has 13 heteroatoms. The lowest BCUT2D eigenvalue weighted by Gasteiger charge is -2.35. The summed E-state index contributed by atoms with van der Waals surface area (Å²) in [4.78, 5) is 38.7. The van der Waals surface area contributed by atoms with E-state index in [0.29, 0.717) is 6.54 Å². The number of hydrogen-bond acceptors (Lipinski definition) is 11. The first-order valence-electron chi connectivity index (χ1n) is 13.5. The molecule has 0 atom stereocenters. The van der Waals surface area contributed by atoms with E-state index in [1.54, 1.807) is 12.1 Å². The molecule has 0 saturated carbocycles. The van der Waals surface area contributed by atoms with Gasteiger partial charge in [-0.3, -0.25) is 19.5 Å². The second-order valence-electron chi connectivity index (χ2n) is 11.0. The Bertz CT molecular complexity index is 1240. The Hall–Kier alpha value is -3.36. The Morgan fingerprint density at radius 3 is 2.33 bits per heavy atom. The Labute approximate surface area is 234 Å². The van der Waals surface area contributed by atoms with Crippen molar-refractivity contribution in [2.75, 3.05) is 44.2 Å². The van der Waals surface area contributed by atoms with E-state index in [0.717, 1.165) is 50.4 Å². The van der Waals surface area contributed by atoms with Gasteiger partial charge in [0.1, 0.15) is 22.9 Å². The molecule has 0 unspecified atom stereocenters. The molecule has 3 aliphatic rings. The minimum Gasteiger partial charge on any atom is -0.399 e. The SMILES string of the molecule is CC1(C)OB(c2ccc(N3CCN(CCCNC4=C(N)C(=O)c5cccnc5C4=O)CC3)nc2)OC1(C)C.[NH3+]O. The van der Waals surface area contributed by atoms with E-state index in [2.05, 4.69) is 31.0 Å². The van der Waals surface area contributed by atoms with Crippen molar-refractivity contribution in [3.8, 4) is 0 Å². The van der Waals surface area contributed by atoms with E-state index < -0.39 is 7.12 Å². The van der Waals surface area contributed by atoms with Gasteiger partial charge in [0.15, 0.2) is 0 Å². The van der Waals surface area contributed by atoms with Gasteiger partial charge in [-0.25, -0.2) is 16.1 Å². The molecule has 5 rings (SSSR count). The lowest BCUT2D eigenvalue weighted by Crippen LogP contribution is -2.47. The molecule has 4 heterocycles. The lowest BCUT2D eigenvalue weighted by atomic mass is 9.80. The minimum atomic E-state index is -0.411. The summed E-state index contributed by atoms with van der Waals surface area (Å²) in [6.07, 6.45) is 4.17. The summed E-state index contributed by atoms with van der Waals surface area (Å²) in [6.45, 7) is 13.2. The van der Waals surface area contributed by atoms with E-state index in [-0.39, 0.29) is 45.4 Å². The van der Waals surface area contributed by atoms with E-state index in [1.807, 2.05) is 46.0 Å². The number of quaternary nitrogens is 1. The van der Waals surface area contributed by atoms with Crippen molar-refractivity contribution < 1.29 is 30.0 Å². The number of hydrogen-bond donors (Lipinski definition) is 4. The van der Waals surface area contributed by atoms with E-state index in [4.69, 9.17) is 20.2 Å². The summed E-state index contributed by atoms with van der Waals surface area (Å²) in [5.41, 5.74) is 6.67. The molecule has 0 amide bonds. The highest BCUT2D eigenvalue weighted by atomic mass is 16.7. The molecule has 12 nitrogen and oxygen atoms in total. The van der Waals surface area contributed by atoms with Crippen LogP contribution in [0.1, 0.15) is 55.0 Å². The number of piperazine rings is 1. The number of carbonyl (C=O) groups excluding carboxylic acids is 2. The summed E-state index contributed by atoms with van der Waals surface area (Å²) < 4.78 is 12.3. The number of fused-ring (bicyclic) bond motifs is 1. The Balaban J connectivity index is 0.00000181. The van der Waals surface area contributed by atoms with Crippen molar-refractivity contribution >= 4 is 30.0 Å². The summed E-state index contributed by atoms with van der Waals surface area (Å²) in [5.74, 6) is 2.51. The monoisotopic (exact) mass is 552 g/mol. The molecule has 0 bridgehead atoms. The molecule has 2 aromatic rings. The van der Waals surface area contributed by atoms with Gasteiger partial charge >= 0.3 is 7.12 Å². The number of nitrogens with one attached hydrogen (secondary N) is 1. The van der Waals surface area contributed by atoms with E-state index in [1.165, 1.54) is 6.20 Å².